The molecule has 4 heteroatoms. The standard InChI is InChI=1S/C13H19NO2S/c1-9(2)14-5-6-16-11(8-14)12(15)13-10(3)4-7-17-13/h4,7,9,11H,5-6,8H2,1-3H3. The van der Waals surface area contributed by atoms with E-state index in [9.17, 15) is 4.79 Å². The van der Waals surface area contributed by atoms with Crippen LogP contribution in [0, 0.1) is 6.92 Å². The molecule has 1 saturated heterocycles. The third-order valence-corrected chi connectivity index (χ3v) is 4.24. The zero-order valence-corrected chi connectivity index (χ0v) is 11.4. The molecule has 0 aliphatic carbocycles. The van der Waals surface area contributed by atoms with Crippen LogP contribution in [-0.4, -0.2) is 42.5 Å². The highest BCUT2D eigenvalue weighted by Gasteiger charge is 2.29. The number of hydrogen-bond acceptors (Lipinski definition) is 4. The molecule has 1 atom stereocenters. The number of carbonyl (C=O) groups is 1. The summed E-state index contributed by atoms with van der Waals surface area (Å²) in [6.45, 7) is 8.58. The average Bonchev–Trinajstić information content (AvgIpc) is 2.74. The quantitative estimate of drug-likeness (QED) is 0.774. The minimum absolute atomic E-state index is 0.142. The molecule has 2 heterocycles. The highest BCUT2D eigenvalue weighted by Crippen LogP contribution is 2.20. The average molecular weight is 253 g/mol. The topological polar surface area (TPSA) is 29.5 Å². The fraction of sp³-hybridized carbons (Fsp3) is 0.615. The van der Waals surface area contributed by atoms with Gasteiger partial charge in [0.1, 0.15) is 6.10 Å². The smallest absolute Gasteiger partial charge is 0.203 e. The van der Waals surface area contributed by atoms with Crippen molar-refractivity contribution >= 4 is 17.1 Å². The summed E-state index contributed by atoms with van der Waals surface area (Å²) < 4.78 is 5.61. The highest BCUT2D eigenvalue weighted by molar-refractivity contribution is 7.12. The number of rotatable bonds is 3. The first-order chi connectivity index (χ1) is 8.09. The number of aryl methyl sites for hydroxylation is 1. The summed E-state index contributed by atoms with van der Waals surface area (Å²) in [6.07, 6.45) is -0.288. The van der Waals surface area contributed by atoms with Gasteiger partial charge in [-0.1, -0.05) is 0 Å². The van der Waals surface area contributed by atoms with Gasteiger partial charge in [0.25, 0.3) is 0 Å². The van der Waals surface area contributed by atoms with Crippen LogP contribution in [0.15, 0.2) is 11.4 Å². The summed E-state index contributed by atoms with van der Waals surface area (Å²) in [5.74, 6) is 0.142. The Balaban J connectivity index is 2.07. The molecular weight excluding hydrogens is 234 g/mol. The van der Waals surface area contributed by atoms with E-state index in [4.69, 9.17) is 4.74 Å². The van der Waals surface area contributed by atoms with Gasteiger partial charge in [-0.25, -0.2) is 0 Å². The maximum Gasteiger partial charge on any atom is 0.203 e. The number of nitrogens with zero attached hydrogens (tertiary/aromatic N) is 1. The van der Waals surface area contributed by atoms with Crippen LogP contribution in [0.4, 0.5) is 0 Å². The molecule has 0 amide bonds. The van der Waals surface area contributed by atoms with E-state index < -0.39 is 0 Å². The molecule has 1 aromatic heterocycles. The fourth-order valence-corrected chi connectivity index (χ4v) is 2.98. The first-order valence-electron chi connectivity index (χ1n) is 6.03. The summed E-state index contributed by atoms with van der Waals surface area (Å²) in [5, 5.41) is 1.96. The molecular formula is C13H19NO2S. The van der Waals surface area contributed by atoms with E-state index in [-0.39, 0.29) is 11.9 Å². The third-order valence-electron chi connectivity index (χ3n) is 3.21. The molecule has 0 spiro atoms. The molecule has 2 rings (SSSR count). The van der Waals surface area contributed by atoms with Crippen molar-refractivity contribution in [3.63, 3.8) is 0 Å². The number of carbonyl (C=O) groups excluding carboxylic acids is 1. The summed E-state index contributed by atoms with van der Waals surface area (Å²) >= 11 is 1.51. The van der Waals surface area contributed by atoms with Crippen LogP contribution in [0.3, 0.4) is 0 Å². The molecule has 0 aromatic carbocycles. The monoisotopic (exact) mass is 253 g/mol. The lowest BCUT2D eigenvalue weighted by Gasteiger charge is -2.34. The first-order valence-corrected chi connectivity index (χ1v) is 6.91. The molecule has 3 nitrogen and oxygen atoms in total. The summed E-state index contributed by atoms with van der Waals surface area (Å²) in [5.41, 5.74) is 1.06. The minimum Gasteiger partial charge on any atom is -0.367 e. The lowest BCUT2D eigenvalue weighted by Crippen LogP contribution is -2.48. The second-order valence-corrected chi connectivity index (χ2v) is 5.66. The number of thiophene rings is 1. The normalized spacial score (nSPS) is 22.0. The van der Waals surface area contributed by atoms with E-state index in [1.807, 2.05) is 18.4 Å². The Morgan fingerprint density at radius 1 is 1.59 bits per heavy atom. The van der Waals surface area contributed by atoms with Crippen molar-refractivity contribution in [2.75, 3.05) is 19.7 Å². The van der Waals surface area contributed by atoms with E-state index in [2.05, 4.69) is 18.7 Å². The SMILES string of the molecule is Cc1ccsc1C(=O)C1CN(C(C)C)CCO1. The van der Waals surface area contributed by atoms with Gasteiger partial charge in [0.05, 0.1) is 11.5 Å². The summed E-state index contributed by atoms with van der Waals surface area (Å²) in [7, 11) is 0. The Morgan fingerprint density at radius 2 is 2.35 bits per heavy atom. The molecule has 1 aromatic rings. The molecule has 1 fully saturated rings. The first kappa shape index (κ1) is 12.7. The Labute approximate surface area is 106 Å². The molecule has 1 aliphatic rings. The predicted octanol–water partition coefficient (Wildman–Crippen LogP) is 2.35. The summed E-state index contributed by atoms with van der Waals surface area (Å²) in [4.78, 5) is 15.5. The van der Waals surface area contributed by atoms with Crippen LogP contribution in [0.2, 0.25) is 0 Å². The van der Waals surface area contributed by atoms with Crippen molar-refractivity contribution in [3.8, 4) is 0 Å². The van der Waals surface area contributed by atoms with Crippen molar-refractivity contribution in [3.05, 3.63) is 21.9 Å². The van der Waals surface area contributed by atoms with E-state index in [1.165, 1.54) is 11.3 Å². The largest absolute Gasteiger partial charge is 0.367 e. The van der Waals surface area contributed by atoms with Crippen molar-refractivity contribution in [1.82, 2.24) is 4.90 Å². The number of ketones is 1. The second kappa shape index (κ2) is 5.29. The number of hydrogen-bond donors (Lipinski definition) is 0. The van der Waals surface area contributed by atoms with Crippen LogP contribution < -0.4 is 0 Å². The zero-order chi connectivity index (χ0) is 12.4. The van der Waals surface area contributed by atoms with Gasteiger partial charge in [-0.15, -0.1) is 11.3 Å². The molecule has 17 heavy (non-hydrogen) atoms. The number of morpholine rings is 1. The van der Waals surface area contributed by atoms with E-state index >= 15 is 0 Å². The molecule has 0 radical (unpaired) electrons. The molecule has 94 valence electrons. The maximum absolute atomic E-state index is 12.3. The molecule has 0 bridgehead atoms. The van der Waals surface area contributed by atoms with Gasteiger partial charge < -0.3 is 4.74 Å². The van der Waals surface area contributed by atoms with Gasteiger partial charge in [-0.3, -0.25) is 9.69 Å². The van der Waals surface area contributed by atoms with Gasteiger partial charge >= 0.3 is 0 Å². The van der Waals surface area contributed by atoms with Crippen LogP contribution >= 0.6 is 11.3 Å². The number of Topliss-reactive ketones (excluding diaryl/α,β-unsaturated/α-hetero) is 1. The zero-order valence-electron chi connectivity index (χ0n) is 10.6. The second-order valence-electron chi connectivity index (χ2n) is 4.75. The predicted molar refractivity (Wildman–Crippen MR) is 69.8 cm³/mol. The fourth-order valence-electron chi connectivity index (χ4n) is 2.07. The highest BCUT2D eigenvalue weighted by atomic mass is 32.1. The van der Waals surface area contributed by atoms with Crippen LogP contribution in [-0.2, 0) is 4.74 Å². The van der Waals surface area contributed by atoms with Crippen LogP contribution in [0.5, 0.6) is 0 Å². The Kier molecular flexibility index (Phi) is 3.97. The molecule has 0 N–H and O–H groups in total. The number of ether oxygens (including phenoxy) is 1. The third kappa shape index (κ3) is 2.76. The van der Waals surface area contributed by atoms with Gasteiger partial charge in [-0.05, 0) is 37.8 Å². The van der Waals surface area contributed by atoms with E-state index in [1.54, 1.807) is 0 Å². The van der Waals surface area contributed by atoms with E-state index in [0.717, 1.165) is 17.0 Å². The van der Waals surface area contributed by atoms with Gasteiger partial charge in [0.2, 0.25) is 5.78 Å². The minimum atomic E-state index is -0.288. The van der Waals surface area contributed by atoms with Gasteiger partial charge in [-0.2, -0.15) is 0 Å². The Morgan fingerprint density at radius 3 is 2.94 bits per heavy atom. The lowest BCUT2D eigenvalue weighted by atomic mass is 10.1. The van der Waals surface area contributed by atoms with Crippen molar-refractivity contribution < 1.29 is 9.53 Å². The summed E-state index contributed by atoms with van der Waals surface area (Å²) in [6, 6.07) is 2.46. The van der Waals surface area contributed by atoms with Crippen molar-refractivity contribution in [1.29, 1.82) is 0 Å². The lowest BCUT2D eigenvalue weighted by molar-refractivity contribution is -0.0254. The van der Waals surface area contributed by atoms with Crippen molar-refractivity contribution in [2.24, 2.45) is 0 Å². The molecule has 1 aliphatic heterocycles. The molecule has 0 saturated carbocycles. The maximum atomic E-state index is 12.3. The van der Waals surface area contributed by atoms with Crippen LogP contribution in [0.25, 0.3) is 0 Å². The Hall–Kier alpha value is -0.710. The van der Waals surface area contributed by atoms with Gasteiger partial charge in [0, 0.05) is 19.1 Å². The van der Waals surface area contributed by atoms with E-state index in [0.29, 0.717) is 19.2 Å². The van der Waals surface area contributed by atoms with Crippen molar-refractivity contribution in [2.45, 2.75) is 32.9 Å². The Bertz CT molecular complexity index is 400. The van der Waals surface area contributed by atoms with Gasteiger partial charge in [0.15, 0.2) is 0 Å². The van der Waals surface area contributed by atoms with Crippen LogP contribution in [0.1, 0.15) is 29.1 Å². The molecule has 1 unspecified atom stereocenters.